The van der Waals surface area contributed by atoms with Crippen LogP contribution in [0.3, 0.4) is 0 Å². The van der Waals surface area contributed by atoms with Crippen LogP contribution in [0.15, 0.2) is 0 Å². The van der Waals surface area contributed by atoms with Crippen LogP contribution in [0.2, 0.25) is 0 Å². The molecule has 0 fully saturated rings. The van der Waals surface area contributed by atoms with E-state index in [-0.39, 0.29) is 12.6 Å². The summed E-state index contributed by atoms with van der Waals surface area (Å²) in [6.45, 7) is 9.62. The lowest BCUT2D eigenvalue weighted by atomic mass is 10.2. The van der Waals surface area contributed by atoms with Crippen LogP contribution in [0.1, 0.15) is 27.7 Å². The van der Waals surface area contributed by atoms with Crippen LogP contribution in [-0.4, -0.2) is 66.9 Å². The third kappa shape index (κ3) is 7.30. The number of rotatable bonds is 9. The lowest BCUT2D eigenvalue weighted by Gasteiger charge is -2.30. The van der Waals surface area contributed by atoms with Crippen molar-refractivity contribution in [1.29, 1.82) is 0 Å². The Morgan fingerprint density at radius 1 is 1.15 bits per heavy atom. The number of ether oxygens (including phenoxy) is 1. The van der Waals surface area contributed by atoms with Gasteiger partial charge in [0.15, 0.2) is 6.10 Å². The van der Waals surface area contributed by atoms with Crippen LogP contribution in [-0.2, 0) is 9.53 Å². The Balaban J connectivity index is 3.96. The number of hydrogen-bond donors (Lipinski definition) is 3. The third-order valence-electron chi connectivity index (χ3n) is 2.99. The van der Waals surface area contributed by atoms with Crippen LogP contribution in [0.5, 0.6) is 0 Å². The number of aliphatic carboxylic acids is 1. The van der Waals surface area contributed by atoms with Crippen molar-refractivity contribution in [3.8, 4) is 0 Å². The largest absolute Gasteiger partial charge is 0.479 e. The van der Waals surface area contributed by atoms with Crippen molar-refractivity contribution in [3.05, 3.63) is 0 Å². The zero-order valence-electron chi connectivity index (χ0n) is 13.0. The Hall–Kier alpha value is -1.34. The molecule has 0 saturated heterocycles. The van der Waals surface area contributed by atoms with Crippen LogP contribution in [0.4, 0.5) is 4.79 Å². The van der Waals surface area contributed by atoms with E-state index in [1.807, 2.05) is 0 Å². The molecule has 0 aromatic carbocycles. The van der Waals surface area contributed by atoms with Gasteiger partial charge in [-0.1, -0.05) is 0 Å². The fourth-order valence-electron chi connectivity index (χ4n) is 1.93. The normalized spacial score (nSPS) is 12.8. The van der Waals surface area contributed by atoms with Crippen molar-refractivity contribution in [3.63, 3.8) is 0 Å². The number of carboxylic acid groups (broad SMARTS) is 1. The Morgan fingerprint density at radius 3 is 2.10 bits per heavy atom. The van der Waals surface area contributed by atoms with Crippen molar-refractivity contribution in [2.45, 2.75) is 45.9 Å². The fraction of sp³-hybridized carbons (Fsp3) is 0.846. The highest BCUT2D eigenvalue weighted by Crippen LogP contribution is 2.03. The molecule has 0 radical (unpaired) electrons. The summed E-state index contributed by atoms with van der Waals surface area (Å²) in [7, 11) is 1.29. The second-order valence-corrected chi connectivity index (χ2v) is 5.12. The number of methoxy groups -OCH3 is 1. The van der Waals surface area contributed by atoms with E-state index in [0.717, 1.165) is 6.54 Å². The Morgan fingerprint density at radius 2 is 1.70 bits per heavy atom. The Labute approximate surface area is 120 Å². The van der Waals surface area contributed by atoms with Crippen LogP contribution in [0.25, 0.3) is 0 Å². The van der Waals surface area contributed by atoms with Gasteiger partial charge in [0, 0.05) is 32.3 Å². The second kappa shape index (κ2) is 9.55. The molecule has 1 atom stereocenters. The molecule has 0 aromatic heterocycles. The summed E-state index contributed by atoms with van der Waals surface area (Å²) in [4.78, 5) is 24.5. The van der Waals surface area contributed by atoms with Gasteiger partial charge in [-0.3, -0.25) is 4.90 Å². The first-order chi connectivity index (χ1) is 9.29. The van der Waals surface area contributed by atoms with E-state index in [1.165, 1.54) is 7.11 Å². The summed E-state index contributed by atoms with van der Waals surface area (Å²) in [5.74, 6) is -1.10. The predicted octanol–water partition coefficient (Wildman–Crippen LogP) is 0.504. The average Bonchev–Trinajstić information content (AvgIpc) is 2.33. The maximum atomic E-state index is 11.5. The molecule has 0 aliphatic heterocycles. The summed E-state index contributed by atoms with van der Waals surface area (Å²) in [6.07, 6.45) is -1.02. The van der Waals surface area contributed by atoms with Gasteiger partial charge in [-0.15, -0.1) is 0 Å². The molecule has 7 heteroatoms. The highest BCUT2D eigenvalue weighted by molar-refractivity contribution is 5.76. The number of carbonyl (C=O) groups is 2. The summed E-state index contributed by atoms with van der Waals surface area (Å²) in [6, 6.07) is 0.426. The lowest BCUT2D eigenvalue weighted by molar-refractivity contribution is -0.147. The van der Waals surface area contributed by atoms with Gasteiger partial charge >= 0.3 is 12.0 Å². The first-order valence-electron chi connectivity index (χ1n) is 6.82. The second-order valence-electron chi connectivity index (χ2n) is 5.12. The van der Waals surface area contributed by atoms with Crippen molar-refractivity contribution >= 4 is 12.0 Å². The van der Waals surface area contributed by atoms with Crippen molar-refractivity contribution < 1.29 is 19.4 Å². The first-order valence-corrected chi connectivity index (χ1v) is 6.82. The highest BCUT2D eigenvalue weighted by atomic mass is 16.5. The number of carbonyl (C=O) groups excluding carboxylic acids is 1. The van der Waals surface area contributed by atoms with E-state index >= 15 is 0 Å². The van der Waals surface area contributed by atoms with Gasteiger partial charge in [-0.2, -0.15) is 0 Å². The maximum Gasteiger partial charge on any atom is 0.334 e. The molecular formula is C13H27N3O4. The minimum atomic E-state index is -1.10. The van der Waals surface area contributed by atoms with Gasteiger partial charge < -0.3 is 20.5 Å². The minimum Gasteiger partial charge on any atom is -0.479 e. The predicted molar refractivity (Wildman–Crippen MR) is 76.8 cm³/mol. The number of hydrogen-bond acceptors (Lipinski definition) is 4. The van der Waals surface area contributed by atoms with E-state index < -0.39 is 12.1 Å². The third-order valence-corrected chi connectivity index (χ3v) is 2.99. The number of nitrogens with zero attached hydrogens (tertiary/aromatic N) is 1. The SMILES string of the molecule is COC(CNC(=O)NCCN(C(C)C)C(C)C)C(=O)O. The van der Waals surface area contributed by atoms with E-state index in [2.05, 4.69) is 43.2 Å². The first kappa shape index (κ1) is 18.7. The molecule has 0 rings (SSSR count). The molecule has 0 spiro atoms. The van der Waals surface area contributed by atoms with Gasteiger partial charge in [0.25, 0.3) is 0 Å². The van der Waals surface area contributed by atoms with E-state index in [0.29, 0.717) is 18.6 Å². The van der Waals surface area contributed by atoms with Gasteiger partial charge in [-0.05, 0) is 27.7 Å². The molecule has 0 heterocycles. The molecule has 2 amide bonds. The van der Waals surface area contributed by atoms with E-state index in [1.54, 1.807) is 0 Å². The maximum absolute atomic E-state index is 11.5. The zero-order chi connectivity index (χ0) is 15.7. The molecule has 20 heavy (non-hydrogen) atoms. The Bertz CT molecular complexity index is 300. The number of nitrogens with one attached hydrogen (secondary N) is 2. The van der Waals surface area contributed by atoms with Crippen LogP contribution in [0, 0.1) is 0 Å². The van der Waals surface area contributed by atoms with Crippen LogP contribution >= 0.6 is 0 Å². The Kier molecular flexibility index (Phi) is 8.91. The van der Waals surface area contributed by atoms with Gasteiger partial charge in [0.05, 0.1) is 6.54 Å². The van der Waals surface area contributed by atoms with Crippen molar-refractivity contribution in [1.82, 2.24) is 15.5 Å². The topological polar surface area (TPSA) is 90.9 Å². The minimum absolute atomic E-state index is 0.0598. The molecule has 3 N–H and O–H groups in total. The molecule has 0 bridgehead atoms. The average molecular weight is 289 g/mol. The van der Waals surface area contributed by atoms with Gasteiger partial charge in [0.1, 0.15) is 0 Å². The van der Waals surface area contributed by atoms with E-state index in [9.17, 15) is 9.59 Å². The lowest BCUT2D eigenvalue weighted by Crippen LogP contribution is -2.46. The highest BCUT2D eigenvalue weighted by Gasteiger charge is 2.17. The smallest absolute Gasteiger partial charge is 0.334 e. The van der Waals surface area contributed by atoms with Gasteiger partial charge in [-0.25, -0.2) is 9.59 Å². The molecule has 0 aliphatic rings. The summed E-state index contributed by atoms with van der Waals surface area (Å²) < 4.78 is 4.72. The standard InChI is InChI=1S/C13H27N3O4/c1-9(2)16(10(3)4)7-6-14-13(19)15-8-11(20-5)12(17)18/h9-11H,6-8H2,1-5H3,(H,17,18)(H2,14,15,19). The molecule has 0 aromatic rings. The summed E-state index contributed by atoms with van der Waals surface area (Å²) >= 11 is 0. The monoisotopic (exact) mass is 289 g/mol. The molecule has 0 aliphatic carbocycles. The quantitative estimate of drug-likeness (QED) is 0.575. The molecular weight excluding hydrogens is 262 g/mol. The number of urea groups is 1. The van der Waals surface area contributed by atoms with Crippen LogP contribution < -0.4 is 10.6 Å². The fourth-order valence-corrected chi connectivity index (χ4v) is 1.93. The number of carboxylic acids is 1. The summed E-state index contributed by atoms with van der Waals surface area (Å²) in [5, 5.41) is 13.9. The number of amides is 2. The van der Waals surface area contributed by atoms with Gasteiger partial charge in [0.2, 0.25) is 0 Å². The molecule has 118 valence electrons. The molecule has 0 saturated carbocycles. The van der Waals surface area contributed by atoms with Crippen molar-refractivity contribution in [2.24, 2.45) is 0 Å². The van der Waals surface area contributed by atoms with Crippen molar-refractivity contribution in [2.75, 3.05) is 26.7 Å². The molecule has 7 nitrogen and oxygen atoms in total. The molecule has 1 unspecified atom stereocenters. The van der Waals surface area contributed by atoms with E-state index in [4.69, 9.17) is 9.84 Å². The zero-order valence-corrected chi connectivity index (χ0v) is 13.0. The summed E-state index contributed by atoms with van der Waals surface area (Å²) in [5.41, 5.74) is 0.